The molecule has 0 aliphatic carbocycles. The molecule has 1 rings (SSSR count). The molecular weight excluding hydrogens is 166 g/mol. The Morgan fingerprint density at radius 1 is 1.62 bits per heavy atom. The second-order valence-electron chi connectivity index (χ2n) is 3.18. The molecule has 0 unspecified atom stereocenters. The number of carbonyl (C=O) groups excluding carboxylic acids is 1. The highest BCUT2D eigenvalue weighted by Gasteiger charge is 2.15. The molecule has 0 aliphatic heterocycles. The van der Waals surface area contributed by atoms with Gasteiger partial charge in [-0.3, -0.25) is 0 Å². The van der Waals surface area contributed by atoms with Gasteiger partial charge in [0.25, 0.3) is 0 Å². The summed E-state index contributed by atoms with van der Waals surface area (Å²) in [7, 11) is 0. The third-order valence-electron chi connectivity index (χ3n) is 1.88. The summed E-state index contributed by atoms with van der Waals surface area (Å²) < 4.78 is 4.91. The van der Waals surface area contributed by atoms with E-state index in [1.165, 1.54) is 0 Å². The molecule has 1 heterocycles. The van der Waals surface area contributed by atoms with Crippen molar-refractivity contribution in [1.29, 1.82) is 0 Å². The SMILES string of the molecule is CCOC(=O)c1[nH]ccc1C(C)C. The highest BCUT2D eigenvalue weighted by Crippen LogP contribution is 2.18. The van der Waals surface area contributed by atoms with Crippen molar-refractivity contribution in [2.75, 3.05) is 6.61 Å². The summed E-state index contributed by atoms with van der Waals surface area (Å²) in [5.41, 5.74) is 1.59. The Kier molecular flexibility index (Phi) is 3.12. The summed E-state index contributed by atoms with van der Waals surface area (Å²) in [6, 6.07) is 1.91. The molecule has 0 radical (unpaired) electrons. The number of esters is 1. The third kappa shape index (κ3) is 2.11. The van der Waals surface area contributed by atoms with E-state index >= 15 is 0 Å². The first-order valence-electron chi connectivity index (χ1n) is 4.51. The second-order valence-corrected chi connectivity index (χ2v) is 3.18. The third-order valence-corrected chi connectivity index (χ3v) is 1.88. The minimum atomic E-state index is -0.267. The van der Waals surface area contributed by atoms with Crippen LogP contribution < -0.4 is 0 Å². The highest BCUT2D eigenvalue weighted by atomic mass is 16.5. The fourth-order valence-electron chi connectivity index (χ4n) is 1.24. The van der Waals surface area contributed by atoms with E-state index in [9.17, 15) is 4.79 Å². The summed E-state index contributed by atoms with van der Waals surface area (Å²) in [4.78, 5) is 14.3. The number of rotatable bonds is 3. The first-order valence-corrected chi connectivity index (χ1v) is 4.51. The Bertz CT molecular complexity index is 289. The number of aromatic amines is 1. The van der Waals surface area contributed by atoms with Crippen LogP contribution >= 0.6 is 0 Å². The molecule has 0 fully saturated rings. The number of nitrogens with one attached hydrogen (secondary N) is 1. The van der Waals surface area contributed by atoms with E-state index in [1.54, 1.807) is 13.1 Å². The minimum Gasteiger partial charge on any atom is -0.461 e. The van der Waals surface area contributed by atoms with Crippen molar-refractivity contribution >= 4 is 5.97 Å². The minimum absolute atomic E-state index is 0.267. The van der Waals surface area contributed by atoms with E-state index in [4.69, 9.17) is 4.74 Å². The van der Waals surface area contributed by atoms with E-state index in [0.29, 0.717) is 18.2 Å². The summed E-state index contributed by atoms with van der Waals surface area (Å²) in [6.45, 7) is 6.31. The molecule has 13 heavy (non-hydrogen) atoms. The van der Waals surface area contributed by atoms with Gasteiger partial charge in [-0.1, -0.05) is 13.8 Å². The Morgan fingerprint density at radius 3 is 2.85 bits per heavy atom. The highest BCUT2D eigenvalue weighted by molar-refractivity contribution is 5.89. The predicted octanol–water partition coefficient (Wildman–Crippen LogP) is 2.31. The molecule has 0 bridgehead atoms. The van der Waals surface area contributed by atoms with Gasteiger partial charge in [-0.2, -0.15) is 0 Å². The molecular formula is C10H15NO2. The van der Waals surface area contributed by atoms with E-state index in [0.717, 1.165) is 5.56 Å². The van der Waals surface area contributed by atoms with Crippen molar-refractivity contribution in [3.05, 3.63) is 23.5 Å². The van der Waals surface area contributed by atoms with Gasteiger partial charge in [0, 0.05) is 6.20 Å². The Labute approximate surface area is 78.1 Å². The maximum Gasteiger partial charge on any atom is 0.355 e. The molecule has 0 atom stereocenters. The number of aromatic nitrogens is 1. The van der Waals surface area contributed by atoms with Crippen LogP contribution in [0.1, 0.15) is 42.7 Å². The largest absolute Gasteiger partial charge is 0.461 e. The van der Waals surface area contributed by atoms with E-state index < -0.39 is 0 Å². The predicted molar refractivity (Wildman–Crippen MR) is 50.8 cm³/mol. The zero-order valence-corrected chi connectivity index (χ0v) is 8.26. The van der Waals surface area contributed by atoms with Gasteiger partial charge in [0.2, 0.25) is 0 Å². The van der Waals surface area contributed by atoms with Crippen LogP contribution in [0.25, 0.3) is 0 Å². The molecule has 0 saturated heterocycles. The Hall–Kier alpha value is -1.25. The molecule has 0 spiro atoms. The fourth-order valence-corrected chi connectivity index (χ4v) is 1.24. The van der Waals surface area contributed by atoms with Gasteiger partial charge in [0.05, 0.1) is 6.61 Å². The summed E-state index contributed by atoms with van der Waals surface area (Å²) in [5.74, 6) is 0.0712. The van der Waals surface area contributed by atoms with E-state index in [1.807, 2.05) is 19.9 Å². The number of carbonyl (C=O) groups is 1. The monoisotopic (exact) mass is 181 g/mol. The number of hydrogen-bond acceptors (Lipinski definition) is 2. The Morgan fingerprint density at radius 2 is 2.31 bits per heavy atom. The van der Waals surface area contributed by atoms with Crippen molar-refractivity contribution in [1.82, 2.24) is 4.98 Å². The van der Waals surface area contributed by atoms with Gasteiger partial charge >= 0.3 is 5.97 Å². The number of ether oxygens (including phenoxy) is 1. The zero-order valence-electron chi connectivity index (χ0n) is 8.26. The lowest BCUT2D eigenvalue weighted by molar-refractivity contribution is 0.0518. The van der Waals surface area contributed by atoms with Crippen LogP contribution in [0.4, 0.5) is 0 Å². The molecule has 1 N–H and O–H groups in total. The van der Waals surface area contributed by atoms with Crippen LogP contribution in [0.2, 0.25) is 0 Å². The van der Waals surface area contributed by atoms with Gasteiger partial charge in [0.15, 0.2) is 0 Å². The quantitative estimate of drug-likeness (QED) is 0.727. The zero-order chi connectivity index (χ0) is 9.84. The van der Waals surface area contributed by atoms with Gasteiger partial charge in [-0.05, 0) is 24.5 Å². The van der Waals surface area contributed by atoms with Crippen LogP contribution in [-0.4, -0.2) is 17.6 Å². The molecule has 3 nitrogen and oxygen atoms in total. The lowest BCUT2D eigenvalue weighted by Gasteiger charge is -2.05. The van der Waals surface area contributed by atoms with Crippen LogP contribution in [0.15, 0.2) is 12.3 Å². The molecule has 3 heteroatoms. The molecule has 0 aromatic carbocycles. The smallest absolute Gasteiger partial charge is 0.355 e. The van der Waals surface area contributed by atoms with E-state index in [2.05, 4.69) is 4.98 Å². The molecule has 0 aliphatic rings. The van der Waals surface area contributed by atoms with Crippen LogP contribution in [-0.2, 0) is 4.74 Å². The van der Waals surface area contributed by atoms with Crippen molar-refractivity contribution < 1.29 is 9.53 Å². The molecule has 0 saturated carbocycles. The normalized spacial score (nSPS) is 10.5. The van der Waals surface area contributed by atoms with Crippen LogP contribution in [0.5, 0.6) is 0 Å². The first-order chi connectivity index (χ1) is 6.16. The maximum absolute atomic E-state index is 11.4. The van der Waals surface area contributed by atoms with Crippen molar-refractivity contribution in [2.45, 2.75) is 26.7 Å². The van der Waals surface area contributed by atoms with Gasteiger partial charge in [0.1, 0.15) is 5.69 Å². The lowest BCUT2D eigenvalue weighted by atomic mass is 10.0. The number of hydrogen-bond donors (Lipinski definition) is 1. The Balaban J connectivity index is 2.87. The molecule has 72 valence electrons. The maximum atomic E-state index is 11.4. The lowest BCUT2D eigenvalue weighted by Crippen LogP contribution is -2.08. The fraction of sp³-hybridized carbons (Fsp3) is 0.500. The summed E-state index contributed by atoms with van der Waals surface area (Å²) >= 11 is 0. The van der Waals surface area contributed by atoms with Crippen molar-refractivity contribution in [2.24, 2.45) is 0 Å². The first kappa shape index (κ1) is 9.84. The van der Waals surface area contributed by atoms with Crippen molar-refractivity contribution in [3.63, 3.8) is 0 Å². The summed E-state index contributed by atoms with van der Waals surface area (Å²) in [6.07, 6.45) is 1.77. The summed E-state index contributed by atoms with van der Waals surface area (Å²) in [5, 5.41) is 0. The topological polar surface area (TPSA) is 42.1 Å². The second kappa shape index (κ2) is 4.12. The standard InChI is InChI=1S/C10H15NO2/c1-4-13-10(12)9-8(7(2)3)5-6-11-9/h5-7,11H,4H2,1-3H3. The average molecular weight is 181 g/mol. The van der Waals surface area contributed by atoms with Crippen LogP contribution in [0.3, 0.4) is 0 Å². The average Bonchev–Trinajstić information content (AvgIpc) is 2.52. The number of H-pyrrole nitrogens is 1. The van der Waals surface area contributed by atoms with Crippen molar-refractivity contribution in [3.8, 4) is 0 Å². The van der Waals surface area contributed by atoms with E-state index in [-0.39, 0.29) is 5.97 Å². The molecule has 1 aromatic rings. The molecule has 0 amide bonds. The van der Waals surface area contributed by atoms with Gasteiger partial charge < -0.3 is 9.72 Å². The van der Waals surface area contributed by atoms with Gasteiger partial charge in [-0.25, -0.2) is 4.79 Å². The molecule has 1 aromatic heterocycles. The van der Waals surface area contributed by atoms with Gasteiger partial charge in [-0.15, -0.1) is 0 Å². The van der Waals surface area contributed by atoms with Crippen LogP contribution in [0, 0.1) is 0 Å².